The second-order valence-corrected chi connectivity index (χ2v) is 3.85. The number of nitrogens with zero attached hydrogens (tertiary/aromatic N) is 2. The largest absolute Gasteiger partial charge is 0.396 e. The van der Waals surface area contributed by atoms with Gasteiger partial charge < -0.3 is 14.5 Å². The van der Waals surface area contributed by atoms with Crippen molar-refractivity contribution >= 4 is 5.91 Å². The number of aliphatic hydroxyl groups is 1. The molecule has 0 fully saturated rings. The van der Waals surface area contributed by atoms with Crippen LogP contribution in [0.4, 0.5) is 0 Å². The fraction of sp³-hybridized carbons (Fsp3) is 0.636. The predicted molar refractivity (Wildman–Crippen MR) is 59.1 cm³/mol. The number of carbonyl (C=O) groups excluding carboxylic acids is 1. The normalized spacial score (nSPS) is 10.4. The Hall–Kier alpha value is -1.36. The van der Waals surface area contributed by atoms with Gasteiger partial charge in [0.2, 0.25) is 5.76 Å². The summed E-state index contributed by atoms with van der Waals surface area (Å²) in [5.74, 6) is 0.170. The molecule has 0 radical (unpaired) electrons. The van der Waals surface area contributed by atoms with Gasteiger partial charge in [-0.1, -0.05) is 5.16 Å². The average molecular weight is 226 g/mol. The first-order valence-electron chi connectivity index (χ1n) is 5.44. The summed E-state index contributed by atoms with van der Waals surface area (Å²) in [4.78, 5) is 13.4. The van der Waals surface area contributed by atoms with Crippen molar-refractivity contribution in [1.82, 2.24) is 10.1 Å². The quantitative estimate of drug-likeness (QED) is 0.740. The third-order valence-corrected chi connectivity index (χ3v) is 2.44. The third kappa shape index (κ3) is 3.34. The van der Waals surface area contributed by atoms with E-state index in [1.807, 2.05) is 0 Å². The van der Waals surface area contributed by atoms with Crippen LogP contribution in [0, 0.1) is 6.92 Å². The molecule has 0 saturated carbocycles. The fourth-order valence-electron chi connectivity index (χ4n) is 1.41. The first-order valence-corrected chi connectivity index (χ1v) is 5.44. The molecule has 0 aromatic carbocycles. The molecule has 0 bridgehead atoms. The van der Waals surface area contributed by atoms with Crippen LogP contribution < -0.4 is 0 Å². The minimum Gasteiger partial charge on any atom is -0.396 e. The molecule has 16 heavy (non-hydrogen) atoms. The van der Waals surface area contributed by atoms with E-state index < -0.39 is 0 Å². The lowest BCUT2D eigenvalue weighted by molar-refractivity contribution is 0.0750. The van der Waals surface area contributed by atoms with Crippen LogP contribution in [0.5, 0.6) is 0 Å². The lowest BCUT2D eigenvalue weighted by Gasteiger charge is -2.15. The Bertz CT molecular complexity index is 336. The molecule has 0 spiro atoms. The van der Waals surface area contributed by atoms with E-state index in [0.29, 0.717) is 12.3 Å². The Morgan fingerprint density at radius 1 is 1.50 bits per heavy atom. The standard InChI is InChI=1S/C11H18N2O3/c1-9-8-12-16-10(9)11(15)13(2)6-4-3-5-7-14/h8,14H,3-7H2,1-2H3. The lowest BCUT2D eigenvalue weighted by Crippen LogP contribution is -2.27. The molecule has 0 aliphatic carbocycles. The first kappa shape index (κ1) is 12.7. The summed E-state index contributed by atoms with van der Waals surface area (Å²) in [6.07, 6.45) is 4.12. The summed E-state index contributed by atoms with van der Waals surface area (Å²) in [5, 5.41) is 12.2. The maximum atomic E-state index is 11.8. The van der Waals surface area contributed by atoms with Crippen LogP contribution in [-0.4, -0.2) is 41.3 Å². The second kappa shape index (κ2) is 6.27. The number of aryl methyl sites for hydroxylation is 1. The average Bonchev–Trinajstić information content (AvgIpc) is 2.69. The Morgan fingerprint density at radius 3 is 2.81 bits per heavy atom. The van der Waals surface area contributed by atoms with Gasteiger partial charge >= 0.3 is 0 Å². The molecule has 0 saturated heterocycles. The van der Waals surface area contributed by atoms with Crippen LogP contribution in [0.1, 0.15) is 35.4 Å². The number of amides is 1. The van der Waals surface area contributed by atoms with E-state index in [9.17, 15) is 4.79 Å². The SMILES string of the molecule is Cc1cnoc1C(=O)N(C)CCCCCO. The van der Waals surface area contributed by atoms with Crippen LogP contribution in [0.2, 0.25) is 0 Å². The van der Waals surface area contributed by atoms with Crippen LogP contribution in [0.3, 0.4) is 0 Å². The lowest BCUT2D eigenvalue weighted by atomic mass is 10.2. The second-order valence-electron chi connectivity index (χ2n) is 3.85. The molecule has 0 aliphatic rings. The highest BCUT2D eigenvalue weighted by atomic mass is 16.5. The first-order chi connectivity index (χ1) is 7.66. The molecule has 0 unspecified atom stereocenters. The van der Waals surface area contributed by atoms with Crippen LogP contribution in [-0.2, 0) is 0 Å². The molecular formula is C11H18N2O3. The topological polar surface area (TPSA) is 66.6 Å². The van der Waals surface area contributed by atoms with Crippen LogP contribution in [0.15, 0.2) is 10.7 Å². The van der Waals surface area contributed by atoms with Crippen molar-refractivity contribution < 1.29 is 14.4 Å². The number of rotatable bonds is 6. The smallest absolute Gasteiger partial charge is 0.292 e. The van der Waals surface area contributed by atoms with E-state index in [4.69, 9.17) is 9.63 Å². The van der Waals surface area contributed by atoms with Gasteiger partial charge in [-0.2, -0.15) is 0 Å². The van der Waals surface area contributed by atoms with Gasteiger partial charge in [-0.25, -0.2) is 0 Å². The third-order valence-electron chi connectivity index (χ3n) is 2.44. The maximum Gasteiger partial charge on any atom is 0.292 e. The van der Waals surface area contributed by atoms with Crippen LogP contribution >= 0.6 is 0 Å². The molecule has 1 heterocycles. The Labute approximate surface area is 95.0 Å². The van der Waals surface area contributed by atoms with Gasteiger partial charge in [0.25, 0.3) is 5.91 Å². The number of hydrogen-bond donors (Lipinski definition) is 1. The number of hydrogen-bond acceptors (Lipinski definition) is 4. The number of carbonyl (C=O) groups is 1. The summed E-state index contributed by atoms with van der Waals surface area (Å²) in [6, 6.07) is 0. The zero-order chi connectivity index (χ0) is 12.0. The van der Waals surface area contributed by atoms with Crippen molar-refractivity contribution in [2.45, 2.75) is 26.2 Å². The molecule has 0 aliphatic heterocycles. The minimum atomic E-state index is -0.140. The molecule has 1 aromatic rings. The van der Waals surface area contributed by atoms with Gasteiger partial charge in [-0.3, -0.25) is 4.79 Å². The molecule has 1 aromatic heterocycles. The zero-order valence-electron chi connectivity index (χ0n) is 9.77. The highest BCUT2D eigenvalue weighted by Gasteiger charge is 2.17. The highest BCUT2D eigenvalue weighted by molar-refractivity contribution is 5.92. The van der Waals surface area contributed by atoms with Crippen LogP contribution in [0.25, 0.3) is 0 Å². The monoisotopic (exact) mass is 226 g/mol. The Balaban J connectivity index is 2.40. The van der Waals surface area contributed by atoms with E-state index in [1.54, 1.807) is 18.9 Å². The fourth-order valence-corrected chi connectivity index (χ4v) is 1.41. The number of unbranched alkanes of at least 4 members (excludes halogenated alkanes) is 2. The van der Waals surface area contributed by atoms with E-state index in [2.05, 4.69) is 5.16 Å². The molecule has 1 amide bonds. The summed E-state index contributed by atoms with van der Waals surface area (Å²) in [7, 11) is 1.74. The van der Waals surface area contributed by atoms with Gasteiger partial charge in [0.05, 0.1) is 6.20 Å². The van der Waals surface area contributed by atoms with Crippen molar-refractivity contribution in [1.29, 1.82) is 0 Å². The van der Waals surface area contributed by atoms with Gasteiger partial charge in [-0.05, 0) is 26.2 Å². The van der Waals surface area contributed by atoms with Crippen molar-refractivity contribution in [2.24, 2.45) is 0 Å². The van der Waals surface area contributed by atoms with Crippen molar-refractivity contribution in [2.75, 3.05) is 20.2 Å². The summed E-state index contributed by atoms with van der Waals surface area (Å²) >= 11 is 0. The number of aromatic nitrogens is 1. The molecular weight excluding hydrogens is 208 g/mol. The maximum absolute atomic E-state index is 11.8. The molecule has 5 nitrogen and oxygen atoms in total. The van der Waals surface area contributed by atoms with Crippen molar-refractivity contribution in [3.63, 3.8) is 0 Å². The predicted octanol–water partition coefficient (Wildman–Crippen LogP) is 1.22. The van der Waals surface area contributed by atoms with Gasteiger partial charge in [0.15, 0.2) is 0 Å². The summed E-state index contributed by atoms with van der Waals surface area (Å²) < 4.78 is 4.89. The van der Waals surface area contributed by atoms with Crippen molar-refractivity contribution in [3.05, 3.63) is 17.5 Å². The highest BCUT2D eigenvalue weighted by Crippen LogP contribution is 2.09. The van der Waals surface area contributed by atoms with E-state index >= 15 is 0 Å². The zero-order valence-corrected chi connectivity index (χ0v) is 9.77. The molecule has 1 N–H and O–H groups in total. The van der Waals surface area contributed by atoms with E-state index in [-0.39, 0.29) is 12.5 Å². The molecule has 5 heteroatoms. The number of aliphatic hydroxyl groups excluding tert-OH is 1. The summed E-state index contributed by atoms with van der Waals surface area (Å²) in [6.45, 7) is 2.67. The van der Waals surface area contributed by atoms with E-state index in [1.165, 1.54) is 6.20 Å². The summed E-state index contributed by atoms with van der Waals surface area (Å²) in [5.41, 5.74) is 0.757. The molecule has 1 rings (SSSR count). The van der Waals surface area contributed by atoms with Crippen molar-refractivity contribution in [3.8, 4) is 0 Å². The van der Waals surface area contributed by atoms with E-state index in [0.717, 1.165) is 24.8 Å². The Kier molecular flexibility index (Phi) is 4.98. The Morgan fingerprint density at radius 2 is 2.25 bits per heavy atom. The molecule has 90 valence electrons. The van der Waals surface area contributed by atoms with Gasteiger partial charge in [-0.15, -0.1) is 0 Å². The minimum absolute atomic E-state index is 0.140. The van der Waals surface area contributed by atoms with Gasteiger partial charge in [0, 0.05) is 25.8 Å². The molecule has 0 atom stereocenters. The van der Waals surface area contributed by atoms with Gasteiger partial charge in [0.1, 0.15) is 0 Å².